The van der Waals surface area contributed by atoms with Crippen LogP contribution in [0, 0.1) is 5.92 Å². The lowest BCUT2D eigenvalue weighted by molar-refractivity contribution is -0.127. The van der Waals surface area contributed by atoms with Crippen molar-refractivity contribution in [2.24, 2.45) is 5.92 Å². The maximum Gasteiger partial charge on any atom is 0.224 e. The molecule has 6 nitrogen and oxygen atoms in total. The smallest absolute Gasteiger partial charge is 0.224 e. The molecule has 0 aliphatic heterocycles. The monoisotopic (exact) mass is 491 g/mol. The maximum absolute atomic E-state index is 13.0. The summed E-state index contributed by atoms with van der Waals surface area (Å²) in [5.41, 5.74) is 3.46. The minimum atomic E-state index is 0.0264. The molecule has 0 saturated heterocycles. The number of nitrogens with zero attached hydrogens (tertiary/aromatic N) is 1. The molecule has 1 aromatic heterocycles. The van der Waals surface area contributed by atoms with Crippen molar-refractivity contribution in [2.45, 2.75) is 95.9 Å². The fourth-order valence-electron chi connectivity index (χ4n) is 5.58. The first-order valence-electron chi connectivity index (χ1n) is 14.2. The zero-order valence-electron chi connectivity index (χ0n) is 21.8. The van der Waals surface area contributed by atoms with Gasteiger partial charge in [0.25, 0.3) is 0 Å². The van der Waals surface area contributed by atoms with Gasteiger partial charge in [-0.15, -0.1) is 0 Å². The SMILES string of the molecule is O=C(NCc1ccc(CNCCCNC2CCCCC2)cc1)C1CCCC[C@H]1NCc1ccccn1. The molecule has 0 radical (unpaired) electrons. The predicted octanol–water partition coefficient (Wildman–Crippen LogP) is 4.45. The van der Waals surface area contributed by atoms with E-state index in [1.807, 2.05) is 24.4 Å². The molecule has 4 rings (SSSR count). The predicted molar refractivity (Wildman–Crippen MR) is 146 cm³/mol. The van der Waals surface area contributed by atoms with Crippen LogP contribution in [-0.2, 0) is 24.4 Å². The Balaban J connectivity index is 1.12. The van der Waals surface area contributed by atoms with Crippen LogP contribution in [0.1, 0.15) is 81.0 Å². The van der Waals surface area contributed by atoms with Gasteiger partial charge < -0.3 is 21.3 Å². The number of amides is 1. The highest BCUT2D eigenvalue weighted by atomic mass is 16.1. The number of carbonyl (C=O) groups excluding carboxylic acids is 1. The molecule has 2 aliphatic carbocycles. The Bertz CT molecular complexity index is 882. The number of aromatic nitrogens is 1. The Morgan fingerprint density at radius 2 is 1.53 bits per heavy atom. The fourth-order valence-corrected chi connectivity index (χ4v) is 5.58. The molecule has 2 aliphatic rings. The van der Waals surface area contributed by atoms with Gasteiger partial charge in [-0.3, -0.25) is 9.78 Å². The lowest BCUT2D eigenvalue weighted by Crippen LogP contribution is -2.46. The highest BCUT2D eigenvalue weighted by Gasteiger charge is 2.30. The van der Waals surface area contributed by atoms with E-state index < -0.39 is 0 Å². The largest absolute Gasteiger partial charge is 0.352 e. The molecule has 1 heterocycles. The Morgan fingerprint density at radius 1 is 0.778 bits per heavy atom. The van der Waals surface area contributed by atoms with E-state index in [0.29, 0.717) is 13.1 Å². The third-order valence-electron chi connectivity index (χ3n) is 7.76. The van der Waals surface area contributed by atoms with Gasteiger partial charge in [0.2, 0.25) is 5.91 Å². The van der Waals surface area contributed by atoms with Crippen LogP contribution < -0.4 is 21.3 Å². The normalized spacial score (nSPS) is 20.8. The minimum Gasteiger partial charge on any atom is -0.352 e. The number of rotatable bonds is 13. The molecule has 196 valence electrons. The first kappa shape index (κ1) is 26.8. The topological polar surface area (TPSA) is 78.1 Å². The van der Waals surface area contributed by atoms with E-state index in [2.05, 4.69) is 50.5 Å². The van der Waals surface area contributed by atoms with Gasteiger partial charge in [0.1, 0.15) is 0 Å². The van der Waals surface area contributed by atoms with E-state index in [1.54, 1.807) is 0 Å². The second kappa shape index (κ2) is 15.1. The Kier molecular flexibility index (Phi) is 11.2. The van der Waals surface area contributed by atoms with Crippen LogP contribution in [0.15, 0.2) is 48.7 Å². The van der Waals surface area contributed by atoms with Gasteiger partial charge in [-0.05, 0) is 68.5 Å². The van der Waals surface area contributed by atoms with E-state index in [9.17, 15) is 4.79 Å². The molecule has 0 spiro atoms. The lowest BCUT2D eigenvalue weighted by Gasteiger charge is -2.31. The summed E-state index contributed by atoms with van der Waals surface area (Å²) in [7, 11) is 0. The summed E-state index contributed by atoms with van der Waals surface area (Å²) in [4.78, 5) is 17.4. The summed E-state index contributed by atoms with van der Waals surface area (Å²) >= 11 is 0. The van der Waals surface area contributed by atoms with Crippen LogP contribution in [0.4, 0.5) is 0 Å². The number of hydrogen-bond acceptors (Lipinski definition) is 5. The summed E-state index contributed by atoms with van der Waals surface area (Å²) in [5, 5.41) is 14.1. The Morgan fingerprint density at radius 3 is 2.31 bits per heavy atom. The molecular formula is C30H45N5O. The first-order chi connectivity index (χ1) is 17.8. The van der Waals surface area contributed by atoms with Crippen molar-refractivity contribution in [2.75, 3.05) is 13.1 Å². The second-order valence-electron chi connectivity index (χ2n) is 10.6. The van der Waals surface area contributed by atoms with Crippen LogP contribution in [-0.4, -0.2) is 36.1 Å². The van der Waals surface area contributed by atoms with Crippen molar-refractivity contribution < 1.29 is 4.79 Å². The lowest BCUT2D eigenvalue weighted by atomic mass is 9.83. The van der Waals surface area contributed by atoms with Crippen molar-refractivity contribution in [3.05, 3.63) is 65.5 Å². The van der Waals surface area contributed by atoms with Crippen LogP contribution in [0.5, 0.6) is 0 Å². The Hall–Kier alpha value is -2.28. The van der Waals surface area contributed by atoms with Gasteiger partial charge in [0.05, 0.1) is 11.6 Å². The highest BCUT2D eigenvalue weighted by Crippen LogP contribution is 2.25. The van der Waals surface area contributed by atoms with E-state index in [-0.39, 0.29) is 17.9 Å². The quantitative estimate of drug-likeness (QED) is 0.312. The second-order valence-corrected chi connectivity index (χ2v) is 10.6. The molecule has 2 atom stereocenters. The average Bonchev–Trinajstić information content (AvgIpc) is 2.94. The molecular weight excluding hydrogens is 446 g/mol. The highest BCUT2D eigenvalue weighted by molar-refractivity contribution is 5.79. The molecule has 1 unspecified atom stereocenters. The molecule has 1 aromatic carbocycles. The number of benzene rings is 1. The molecule has 6 heteroatoms. The van der Waals surface area contributed by atoms with Crippen molar-refractivity contribution >= 4 is 5.91 Å². The number of carbonyl (C=O) groups is 1. The van der Waals surface area contributed by atoms with E-state index >= 15 is 0 Å². The molecule has 2 aromatic rings. The summed E-state index contributed by atoms with van der Waals surface area (Å²) in [6.07, 6.45) is 14.2. The van der Waals surface area contributed by atoms with Gasteiger partial charge >= 0.3 is 0 Å². The van der Waals surface area contributed by atoms with E-state index in [4.69, 9.17) is 0 Å². The van der Waals surface area contributed by atoms with Crippen LogP contribution in [0.2, 0.25) is 0 Å². The minimum absolute atomic E-state index is 0.0264. The van der Waals surface area contributed by atoms with Crippen molar-refractivity contribution in [1.82, 2.24) is 26.3 Å². The summed E-state index contributed by atoms with van der Waals surface area (Å²) in [6.45, 7) is 4.33. The number of pyridine rings is 1. The van der Waals surface area contributed by atoms with Gasteiger partial charge in [-0.2, -0.15) is 0 Å². The van der Waals surface area contributed by atoms with E-state index in [0.717, 1.165) is 56.2 Å². The zero-order valence-corrected chi connectivity index (χ0v) is 21.8. The van der Waals surface area contributed by atoms with Gasteiger partial charge in [-0.25, -0.2) is 0 Å². The van der Waals surface area contributed by atoms with E-state index in [1.165, 1.54) is 50.5 Å². The van der Waals surface area contributed by atoms with Crippen LogP contribution >= 0.6 is 0 Å². The third kappa shape index (κ3) is 8.99. The summed E-state index contributed by atoms with van der Waals surface area (Å²) < 4.78 is 0. The number of hydrogen-bond donors (Lipinski definition) is 4. The van der Waals surface area contributed by atoms with Gasteiger partial charge in [0.15, 0.2) is 0 Å². The summed E-state index contributed by atoms with van der Waals surface area (Å²) in [5.74, 6) is 0.194. The standard InChI is InChI=1S/C30H45N5O/c36-30(28-12-4-5-13-29(28)34-23-27-11-6-7-19-33-27)35-22-25-16-14-24(15-17-25)21-31-18-8-20-32-26-9-2-1-3-10-26/h6-7,11,14-17,19,26,28-29,31-32,34H,1-5,8-10,12-13,18,20-23H2,(H,35,36)/t28?,29-/m1/s1. The molecule has 2 fully saturated rings. The first-order valence-corrected chi connectivity index (χ1v) is 14.2. The third-order valence-corrected chi connectivity index (χ3v) is 7.76. The Labute approximate surface area is 217 Å². The average molecular weight is 492 g/mol. The molecule has 36 heavy (non-hydrogen) atoms. The fraction of sp³-hybridized carbons (Fsp3) is 0.600. The van der Waals surface area contributed by atoms with Gasteiger partial charge in [-0.1, -0.05) is 62.4 Å². The van der Waals surface area contributed by atoms with Crippen molar-refractivity contribution in [3.63, 3.8) is 0 Å². The zero-order chi connectivity index (χ0) is 24.8. The van der Waals surface area contributed by atoms with Crippen molar-refractivity contribution in [1.29, 1.82) is 0 Å². The van der Waals surface area contributed by atoms with Crippen LogP contribution in [0.25, 0.3) is 0 Å². The number of nitrogens with one attached hydrogen (secondary N) is 4. The molecule has 4 N–H and O–H groups in total. The van der Waals surface area contributed by atoms with Gasteiger partial charge in [0, 0.05) is 37.9 Å². The summed E-state index contributed by atoms with van der Waals surface area (Å²) in [6, 6.07) is 15.6. The molecule has 1 amide bonds. The molecule has 0 bridgehead atoms. The maximum atomic E-state index is 13.0. The van der Waals surface area contributed by atoms with Crippen LogP contribution in [0.3, 0.4) is 0 Å². The molecule has 2 saturated carbocycles. The van der Waals surface area contributed by atoms with Crippen molar-refractivity contribution in [3.8, 4) is 0 Å².